The number of aromatic nitrogens is 1. The number of pyridine rings is 1. The summed E-state index contributed by atoms with van der Waals surface area (Å²) in [5.41, 5.74) is 1.86. The Hall–Kier alpha value is -2.40. The lowest BCUT2D eigenvalue weighted by molar-refractivity contribution is -0.00358. The molecule has 4 aliphatic heterocycles. The van der Waals surface area contributed by atoms with Crippen LogP contribution in [0.1, 0.15) is 34.8 Å². The molecule has 1 aromatic carbocycles. The zero-order chi connectivity index (χ0) is 18.4. The van der Waals surface area contributed by atoms with Gasteiger partial charge in [-0.25, -0.2) is 0 Å². The van der Waals surface area contributed by atoms with E-state index in [1.807, 2.05) is 30.3 Å². The average molecular weight is 363 g/mol. The largest absolute Gasteiger partial charge is 0.497 e. The SMILES string of the molecule is COc1ccc([C@@H]2CN(C(=O)c3ccccn3)[C@@H]3C4CCN(CC4)[C@@H]32)cc1. The molecular weight excluding hydrogens is 338 g/mol. The van der Waals surface area contributed by atoms with Crippen LogP contribution in [-0.2, 0) is 0 Å². The minimum atomic E-state index is 0.0790. The van der Waals surface area contributed by atoms with Gasteiger partial charge in [-0.15, -0.1) is 0 Å². The number of carbonyl (C=O) groups excluding carboxylic acids is 1. The predicted molar refractivity (Wildman–Crippen MR) is 103 cm³/mol. The topological polar surface area (TPSA) is 45.7 Å². The van der Waals surface area contributed by atoms with Gasteiger partial charge in [-0.05, 0) is 61.7 Å². The number of rotatable bonds is 3. The first-order valence-electron chi connectivity index (χ1n) is 9.86. The number of fused-ring (bicyclic) bond motifs is 2. The number of nitrogens with zero attached hydrogens (tertiary/aromatic N) is 3. The quantitative estimate of drug-likeness (QED) is 0.841. The second kappa shape index (κ2) is 6.64. The maximum atomic E-state index is 13.3. The molecule has 4 aliphatic rings. The van der Waals surface area contributed by atoms with Crippen LogP contribution in [0.3, 0.4) is 0 Å². The van der Waals surface area contributed by atoms with E-state index in [0.29, 0.717) is 29.6 Å². The summed E-state index contributed by atoms with van der Waals surface area (Å²) in [5.74, 6) is 1.91. The molecule has 0 aliphatic carbocycles. The number of carbonyl (C=O) groups is 1. The van der Waals surface area contributed by atoms with Gasteiger partial charge in [-0.3, -0.25) is 14.7 Å². The zero-order valence-electron chi connectivity index (χ0n) is 15.6. The van der Waals surface area contributed by atoms with Gasteiger partial charge in [-0.1, -0.05) is 18.2 Å². The van der Waals surface area contributed by atoms with Crippen molar-refractivity contribution in [3.8, 4) is 5.75 Å². The van der Waals surface area contributed by atoms with E-state index in [-0.39, 0.29) is 5.91 Å². The van der Waals surface area contributed by atoms with Crippen molar-refractivity contribution < 1.29 is 9.53 Å². The molecule has 0 saturated carbocycles. The Morgan fingerprint density at radius 1 is 1.07 bits per heavy atom. The summed E-state index contributed by atoms with van der Waals surface area (Å²) in [6.07, 6.45) is 4.10. The molecule has 140 valence electrons. The maximum Gasteiger partial charge on any atom is 0.272 e. The zero-order valence-corrected chi connectivity index (χ0v) is 15.6. The molecule has 0 radical (unpaired) electrons. The molecule has 3 atom stereocenters. The van der Waals surface area contributed by atoms with Crippen LogP contribution in [0.4, 0.5) is 0 Å². The van der Waals surface area contributed by atoms with Crippen LogP contribution in [-0.4, -0.2) is 59.5 Å². The van der Waals surface area contributed by atoms with E-state index in [9.17, 15) is 4.79 Å². The Labute approximate surface area is 159 Å². The summed E-state index contributed by atoms with van der Waals surface area (Å²) in [7, 11) is 1.69. The van der Waals surface area contributed by atoms with Crippen LogP contribution < -0.4 is 4.74 Å². The highest BCUT2D eigenvalue weighted by molar-refractivity contribution is 5.93. The summed E-state index contributed by atoms with van der Waals surface area (Å²) >= 11 is 0. The van der Waals surface area contributed by atoms with Crippen molar-refractivity contribution in [3.63, 3.8) is 0 Å². The second-order valence-corrected chi connectivity index (χ2v) is 7.91. The first kappa shape index (κ1) is 16.8. The van der Waals surface area contributed by atoms with Gasteiger partial charge >= 0.3 is 0 Å². The van der Waals surface area contributed by atoms with E-state index < -0.39 is 0 Å². The molecule has 2 aromatic rings. The van der Waals surface area contributed by atoms with Crippen LogP contribution in [0.15, 0.2) is 48.7 Å². The number of amides is 1. The minimum Gasteiger partial charge on any atom is -0.497 e. The summed E-state index contributed by atoms with van der Waals surface area (Å²) in [5, 5.41) is 0. The molecule has 4 saturated heterocycles. The molecule has 5 nitrogen and oxygen atoms in total. The highest BCUT2D eigenvalue weighted by Gasteiger charge is 2.54. The molecule has 4 fully saturated rings. The summed E-state index contributed by atoms with van der Waals surface area (Å²) in [4.78, 5) is 22.3. The van der Waals surface area contributed by atoms with Crippen LogP contribution in [0, 0.1) is 5.92 Å². The third kappa shape index (κ3) is 2.72. The molecule has 0 N–H and O–H groups in total. The van der Waals surface area contributed by atoms with E-state index >= 15 is 0 Å². The lowest BCUT2D eigenvalue weighted by Gasteiger charge is -2.51. The summed E-state index contributed by atoms with van der Waals surface area (Å²) < 4.78 is 5.32. The first-order valence-corrected chi connectivity index (χ1v) is 9.86. The lowest BCUT2D eigenvalue weighted by Crippen LogP contribution is -2.60. The first-order chi connectivity index (χ1) is 13.3. The Morgan fingerprint density at radius 3 is 2.52 bits per heavy atom. The van der Waals surface area contributed by atoms with Crippen molar-refractivity contribution in [2.75, 3.05) is 26.7 Å². The normalized spacial score (nSPS) is 31.6. The predicted octanol–water partition coefficient (Wildman–Crippen LogP) is 2.79. The number of methoxy groups -OCH3 is 1. The summed E-state index contributed by atoms with van der Waals surface area (Å²) in [6, 6.07) is 14.7. The molecule has 5 heterocycles. The van der Waals surface area contributed by atoms with Crippen molar-refractivity contribution in [3.05, 3.63) is 59.9 Å². The number of hydrogen-bond donors (Lipinski definition) is 0. The Morgan fingerprint density at radius 2 is 1.85 bits per heavy atom. The van der Waals surface area contributed by atoms with Crippen LogP contribution >= 0.6 is 0 Å². The van der Waals surface area contributed by atoms with Crippen molar-refractivity contribution in [1.82, 2.24) is 14.8 Å². The van der Waals surface area contributed by atoms with Crippen LogP contribution in [0.5, 0.6) is 5.75 Å². The molecule has 0 spiro atoms. The number of likely N-dealkylation sites (tertiary alicyclic amines) is 1. The molecular formula is C22H25N3O2. The number of ether oxygens (including phenoxy) is 1. The molecule has 27 heavy (non-hydrogen) atoms. The average Bonchev–Trinajstić information content (AvgIpc) is 3.18. The standard InChI is InChI=1S/C22H25N3O2/c1-27-17-7-5-15(6-8-17)18-14-25(22(26)19-4-2-3-11-23-19)20-16-9-12-24(13-10-16)21(18)20/h2-8,11,16,18,20-21H,9-10,12-14H2,1H3/t18-,20+,21+/m0/s1. The van der Waals surface area contributed by atoms with Gasteiger partial charge in [0.2, 0.25) is 0 Å². The molecule has 0 unspecified atom stereocenters. The van der Waals surface area contributed by atoms with Gasteiger partial charge in [0, 0.05) is 24.7 Å². The van der Waals surface area contributed by atoms with Crippen molar-refractivity contribution in [2.45, 2.75) is 30.8 Å². The number of piperidine rings is 3. The highest BCUT2D eigenvalue weighted by atomic mass is 16.5. The Balaban J connectivity index is 1.50. The third-order valence-electron chi connectivity index (χ3n) is 6.68. The van der Waals surface area contributed by atoms with Gasteiger partial charge in [-0.2, -0.15) is 0 Å². The molecule has 1 amide bonds. The lowest BCUT2D eigenvalue weighted by atomic mass is 9.75. The summed E-state index contributed by atoms with van der Waals surface area (Å²) in [6.45, 7) is 3.08. The van der Waals surface area contributed by atoms with E-state index in [0.717, 1.165) is 25.4 Å². The van der Waals surface area contributed by atoms with E-state index in [1.54, 1.807) is 13.3 Å². The van der Waals surface area contributed by atoms with Gasteiger partial charge in [0.15, 0.2) is 0 Å². The third-order valence-corrected chi connectivity index (χ3v) is 6.68. The van der Waals surface area contributed by atoms with Gasteiger partial charge in [0.1, 0.15) is 11.4 Å². The number of benzene rings is 1. The second-order valence-electron chi connectivity index (χ2n) is 7.91. The smallest absolute Gasteiger partial charge is 0.272 e. The van der Waals surface area contributed by atoms with Crippen LogP contribution in [0.2, 0.25) is 0 Å². The molecule has 1 aromatic heterocycles. The maximum absolute atomic E-state index is 13.3. The van der Waals surface area contributed by atoms with E-state index in [2.05, 4.69) is 26.9 Å². The van der Waals surface area contributed by atoms with Gasteiger partial charge in [0.05, 0.1) is 13.2 Å². The van der Waals surface area contributed by atoms with Crippen molar-refractivity contribution in [2.24, 2.45) is 5.92 Å². The fourth-order valence-corrected chi connectivity index (χ4v) is 5.44. The van der Waals surface area contributed by atoms with Crippen molar-refractivity contribution in [1.29, 1.82) is 0 Å². The van der Waals surface area contributed by atoms with Gasteiger partial charge in [0.25, 0.3) is 5.91 Å². The Bertz CT molecular complexity index is 815. The minimum absolute atomic E-state index is 0.0790. The van der Waals surface area contributed by atoms with Crippen molar-refractivity contribution >= 4 is 5.91 Å². The fourth-order valence-electron chi connectivity index (χ4n) is 5.44. The van der Waals surface area contributed by atoms with E-state index in [4.69, 9.17) is 4.74 Å². The molecule has 6 rings (SSSR count). The fraction of sp³-hybridized carbons (Fsp3) is 0.455. The number of hydrogen-bond acceptors (Lipinski definition) is 4. The van der Waals surface area contributed by atoms with Gasteiger partial charge < -0.3 is 9.64 Å². The van der Waals surface area contributed by atoms with E-state index in [1.165, 1.54) is 18.4 Å². The monoisotopic (exact) mass is 363 g/mol. The molecule has 2 bridgehead atoms. The molecule has 5 heteroatoms. The van der Waals surface area contributed by atoms with Crippen LogP contribution in [0.25, 0.3) is 0 Å². The highest BCUT2D eigenvalue weighted by Crippen LogP contribution is 2.47. The Kier molecular flexibility index (Phi) is 4.12.